The first-order chi connectivity index (χ1) is 12.6. The van der Waals surface area contributed by atoms with Crippen molar-refractivity contribution in [3.63, 3.8) is 0 Å². The highest BCUT2D eigenvalue weighted by atomic mass is 16.2. The number of hydrogen-bond acceptors (Lipinski definition) is 3. The minimum atomic E-state index is -0.303. The topological polar surface area (TPSA) is 58.2 Å². The number of allylic oxidation sites excluding steroid dienone is 6. The van der Waals surface area contributed by atoms with Crippen molar-refractivity contribution in [2.24, 2.45) is 23.7 Å². The van der Waals surface area contributed by atoms with Gasteiger partial charge in [-0.15, -0.1) is 0 Å². The molecule has 0 saturated carbocycles. The Bertz CT molecular complexity index is 984. The number of nitrogens with one attached hydrogen (secondary N) is 2. The molecule has 0 spiro atoms. The Hall–Kier alpha value is -2.62. The molecule has 3 aliphatic carbocycles. The fourth-order valence-electron chi connectivity index (χ4n) is 5.94. The van der Waals surface area contributed by atoms with Gasteiger partial charge in [0.2, 0.25) is 11.8 Å². The Balaban J connectivity index is 1.63. The van der Waals surface area contributed by atoms with Crippen LogP contribution in [0.4, 0.5) is 5.69 Å². The second-order valence-electron chi connectivity index (χ2n) is 8.14. The van der Waals surface area contributed by atoms with E-state index in [0.29, 0.717) is 5.92 Å². The molecule has 5 atom stereocenters. The molecule has 6 rings (SSSR count). The van der Waals surface area contributed by atoms with E-state index in [1.54, 1.807) is 0 Å². The van der Waals surface area contributed by atoms with Crippen LogP contribution in [-0.2, 0) is 9.59 Å². The van der Waals surface area contributed by atoms with Gasteiger partial charge in [-0.05, 0) is 42.0 Å². The first kappa shape index (κ1) is 14.5. The summed E-state index contributed by atoms with van der Waals surface area (Å²) in [5.74, 6) is -0.375. The van der Waals surface area contributed by atoms with E-state index < -0.39 is 0 Å². The fraction of sp³-hybridized carbons (Fsp3) is 0.364. The molecule has 2 N–H and O–H groups in total. The highest BCUT2D eigenvalue weighted by Crippen LogP contribution is 2.60. The molecule has 1 fully saturated rings. The van der Waals surface area contributed by atoms with Crippen LogP contribution < -0.4 is 10.6 Å². The van der Waals surface area contributed by atoms with E-state index in [1.165, 1.54) is 28.0 Å². The predicted octanol–water partition coefficient (Wildman–Crippen LogP) is 3.18. The van der Waals surface area contributed by atoms with Crippen LogP contribution in [-0.4, -0.2) is 11.8 Å². The lowest BCUT2D eigenvalue weighted by atomic mass is 9.65. The lowest BCUT2D eigenvalue weighted by Gasteiger charge is -2.36. The number of fused-ring (bicyclic) bond motifs is 9. The summed E-state index contributed by atoms with van der Waals surface area (Å²) in [6, 6.07) is 6.27. The van der Waals surface area contributed by atoms with Gasteiger partial charge in [0.1, 0.15) is 0 Å². The van der Waals surface area contributed by atoms with Crippen LogP contribution in [0.3, 0.4) is 0 Å². The zero-order valence-electron chi connectivity index (χ0n) is 14.6. The molecule has 2 aliphatic heterocycles. The van der Waals surface area contributed by atoms with Crippen molar-refractivity contribution in [2.75, 3.05) is 5.32 Å². The number of imide groups is 1. The summed E-state index contributed by atoms with van der Waals surface area (Å²) >= 11 is 0. The predicted molar refractivity (Wildman–Crippen MR) is 98.1 cm³/mol. The Kier molecular flexibility index (Phi) is 2.66. The number of benzene rings is 1. The summed E-state index contributed by atoms with van der Waals surface area (Å²) in [6.45, 7) is 2.10. The highest BCUT2D eigenvalue weighted by molar-refractivity contribution is 6.07. The van der Waals surface area contributed by atoms with Gasteiger partial charge in [0.15, 0.2) is 0 Å². The molecule has 1 aromatic rings. The molecule has 130 valence electrons. The number of anilines is 1. The second kappa shape index (κ2) is 4.76. The van der Waals surface area contributed by atoms with Crippen LogP contribution in [0.15, 0.2) is 53.3 Å². The first-order valence-corrected chi connectivity index (χ1v) is 9.48. The molecule has 4 nitrogen and oxygen atoms in total. The van der Waals surface area contributed by atoms with E-state index in [0.717, 1.165) is 18.5 Å². The minimum absolute atomic E-state index is 0.0220. The number of carbonyl (C=O) groups excluding carboxylic acids is 2. The van der Waals surface area contributed by atoms with Crippen molar-refractivity contribution < 1.29 is 9.59 Å². The van der Waals surface area contributed by atoms with Crippen molar-refractivity contribution in [3.05, 3.63) is 64.4 Å². The Morgan fingerprint density at radius 3 is 2.81 bits per heavy atom. The second-order valence-corrected chi connectivity index (χ2v) is 8.14. The van der Waals surface area contributed by atoms with Crippen LogP contribution in [0.5, 0.6) is 0 Å². The molecule has 1 aromatic carbocycles. The van der Waals surface area contributed by atoms with Gasteiger partial charge < -0.3 is 5.32 Å². The van der Waals surface area contributed by atoms with Gasteiger partial charge in [0, 0.05) is 29.1 Å². The third-order valence-corrected chi connectivity index (χ3v) is 6.95. The van der Waals surface area contributed by atoms with E-state index in [1.807, 2.05) is 0 Å². The van der Waals surface area contributed by atoms with Crippen molar-refractivity contribution >= 4 is 17.5 Å². The first-order valence-electron chi connectivity index (χ1n) is 9.48. The van der Waals surface area contributed by atoms with E-state index >= 15 is 0 Å². The summed E-state index contributed by atoms with van der Waals surface area (Å²) in [4.78, 5) is 25.5. The number of rotatable bonds is 0. The molecule has 0 aromatic heterocycles. The molecule has 1 saturated heterocycles. The lowest BCUT2D eigenvalue weighted by Crippen LogP contribution is -2.36. The van der Waals surface area contributed by atoms with Gasteiger partial charge in [-0.2, -0.15) is 0 Å². The average molecular weight is 344 g/mol. The van der Waals surface area contributed by atoms with Gasteiger partial charge in [0.05, 0.1) is 11.8 Å². The van der Waals surface area contributed by atoms with Crippen molar-refractivity contribution in [2.45, 2.75) is 25.7 Å². The van der Waals surface area contributed by atoms with Crippen LogP contribution in [0.25, 0.3) is 0 Å². The number of carbonyl (C=O) groups is 2. The third kappa shape index (κ3) is 1.61. The monoisotopic (exact) mass is 344 g/mol. The largest absolute Gasteiger partial charge is 0.358 e. The Morgan fingerprint density at radius 2 is 1.92 bits per heavy atom. The van der Waals surface area contributed by atoms with Gasteiger partial charge in [-0.25, -0.2) is 0 Å². The maximum atomic E-state index is 12.7. The smallest absolute Gasteiger partial charge is 0.231 e. The molecule has 2 amide bonds. The van der Waals surface area contributed by atoms with E-state index in [-0.39, 0.29) is 35.5 Å². The zero-order valence-corrected chi connectivity index (χ0v) is 14.6. The summed E-state index contributed by atoms with van der Waals surface area (Å²) in [5.41, 5.74) is 7.37. The van der Waals surface area contributed by atoms with Crippen molar-refractivity contribution in [3.8, 4) is 0 Å². The van der Waals surface area contributed by atoms with Crippen LogP contribution in [0.2, 0.25) is 0 Å². The van der Waals surface area contributed by atoms with E-state index in [2.05, 4.69) is 54.0 Å². The molecule has 4 heteroatoms. The summed E-state index contributed by atoms with van der Waals surface area (Å²) in [6.07, 6.45) is 8.86. The van der Waals surface area contributed by atoms with Crippen LogP contribution in [0, 0.1) is 30.6 Å². The van der Waals surface area contributed by atoms with Gasteiger partial charge >= 0.3 is 0 Å². The fourth-order valence-corrected chi connectivity index (χ4v) is 5.94. The summed E-state index contributed by atoms with van der Waals surface area (Å²) < 4.78 is 0. The van der Waals surface area contributed by atoms with Crippen LogP contribution >= 0.6 is 0 Å². The maximum Gasteiger partial charge on any atom is 0.231 e. The molecular weight excluding hydrogens is 324 g/mol. The molecule has 5 aliphatic rings. The maximum absolute atomic E-state index is 12.7. The Morgan fingerprint density at radius 1 is 1.08 bits per heavy atom. The normalized spacial score (nSPS) is 35.9. The lowest BCUT2D eigenvalue weighted by molar-refractivity contribution is -0.126. The van der Waals surface area contributed by atoms with Gasteiger partial charge in [-0.3, -0.25) is 14.9 Å². The number of aryl methyl sites for hydroxylation is 1. The van der Waals surface area contributed by atoms with E-state index in [4.69, 9.17) is 0 Å². The number of para-hydroxylation sites is 1. The third-order valence-electron chi connectivity index (χ3n) is 6.95. The Labute approximate surface area is 152 Å². The molecule has 2 heterocycles. The molecular formula is C22H20N2O2. The van der Waals surface area contributed by atoms with E-state index in [9.17, 15) is 9.59 Å². The van der Waals surface area contributed by atoms with Gasteiger partial charge in [-0.1, -0.05) is 36.4 Å². The molecule has 26 heavy (non-hydrogen) atoms. The van der Waals surface area contributed by atoms with Gasteiger partial charge in [0.25, 0.3) is 0 Å². The molecule has 0 bridgehead atoms. The molecule has 0 radical (unpaired) electrons. The van der Waals surface area contributed by atoms with Crippen LogP contribution in [0.1, 0.15) is 29.9 Å². The number of amides is 2. The van der Waals surface area contributed by atoms with Crippen molar-refractivity contribution in [1.29, 1.82) is 0 Å². The minimum Gasteiger partial charge on any atom is -0.358 e. The summed E-state index contributed by atoms with van der Waals surface area (Å²) in [7, 11) is 0. The standard InChI is InChI=1S/C22H20N2O2/c1-10-5-4-8-13-16-18-17(21(25)24-22(18)26)14-9-11-6-2-3-7-12(11)15(14)20(16)23-19(10)13/h2,4-6,8-9,12,14,16-18,23H,3,7H2,1H3,(H,24,25,26). The average Bonchev–Trinajstić information content (AvgIpc) is 3.27. The SMILES string of the molecule is Cc1cccc2c1NC1=C3C4CCC=CC4=CC3C3C(=O)NC(=O)C3C12. The van der Waals surface area contributed by atoms with Crippen molar-refractivity contribution in [1.82, 2.24) is 5.32 Å². The quantitative estimate of drug-likeness (QED) is 0.711. The zero-order chi connectivity index (χ0) is 17.6. The molecule has 5 unspecified atom stereocenters. The summed E-state index contributed by atoms with van der Waals surface area (Å²) in [5, 5.41) is 6.32. The highest BCUT2D eigenvalue weighted by Gasteiger charge is 2.59. The number of hydrogen-bond donors (Lipinski definition) is 2.